The topological polar surface area (TPSA) is 59.8 Å². The SMILES string of the molecule is Cc1ccc(-n2ncc3c2CCC[C@H]3NC(=O)Cc2cccnc2)cc1C. The molecule has 4 rings (SSSR count). The summed E-state index contributed by atoms with van der Waals surface area (Å²) in [6.07, 6.45) is 8.70. The van der Waals surface area contributed by atoms with Crippen LogP contribution in [-0.4, -0.2) is 20.7 Å². The second-order valence-corrected chi connectivity index (χ2v) is 7.28. The molecule has 27 heavy (non-hydrogen) atoms. The predicted octanol–water partition coefficient (Wildman–Crippen LogP) is 3.62. The molecule has 1 atom stereocenters. The number of aryl methyl sites for hydroxylation is 2. The molecule has 1 N–H and O–H groups in total. The standard InChI is InChI=1S/C22H24N4O/c1-15-8-9-18(11-16(15)2)26-21-7-3-6-20(19(21)14-24-26)25-22(27)12-17-5-4-10-23-13-17/h4-5,8-11,13-14,20H,3,6-7,12H2,1-2H3,(H,25,27)/t20-/m1/s1. The zero-order chi connectivity index (χ0) is 18.8. The fraction of sp³-hybridized carbons (Fsp3) is 0.318. The van der Waals surface area contributed by atoms with Crippen molar-refractivity contribution in [2.45, 2.75) is 45.6 Å². The summed E-state index contributed by atoms with van der Waals surface area (Å²) in [5.74, 6) is 0.0276. The zero-order valence-corrected chi connectivity index (χ0v) is 15.8. The molecule has 138 valence electrons. The minimum Gasteiger partial charge on any atom is -0.349 e. The number of carbonyl (C=O) groups excluding carboxylic acids is 1. The number of hydrogen-bond acceptors (Lipinski definition) is 3. The molecule has 2 aromatic heterocycles. The molecular weight excluding hydrogens is 336 g/mol. The summed E-state index contributed by atoms with van der Waals surface area (Å²) in [6.45, 7) is 4.24. The molecular formula is C22H24N4O. The number of amides is 1. The molecule has 3 aromatic rings. The maximum Gasteiger partial charge on any atom is 0.224 e. The monoisotopic (exact) mass is 360 g/mol. The number of fused-ring (bicyclic) bond motifs is 1. The van der Waals surface area contributed by atoms with Crippen molar-refractivity contribution in [1.29, 1.82) is 0 Å². The van der Waals surface area contributed by atoms with E-state index in [1.54, 1.807) is 12.4 Å². The smallest absolute Gasteiger partial charge is 0.224 e. The summed E-state index contributed by atoms with van der Waals surface area (Å²) in [7, 11) is 0. The molecule has 5 nitrogen and oxygen atoms in total. The van der Waals surface area contributed by atoms with E-state index in [1.165, 1.54) is 16.8 Å². The van der Waals surface area contributed by atoms with Crippen LogP contribution < -0.4 is 5.32 Å². The minimum absolute atomic E-state index is 0.0261. The van der Waals surface area contributed by atoms with Gasteiger partial charge in [-0.2, -0.15) is 5.10 Å². The Morgan fingerprint density at radius 2 is 2.11 bits per heavy atom. The Balaban J connectivity index is 1.55. The van der Waals surface area contributed by atoms with Crippen LogP contribution in [0.15, 0.2) is 48.9 Å². The van der Waals surface area contributed by atoms with Crippen LogP contribution >= 0.6 is 0 Å². The maximum atomic E-state index is 12.5. The van der Waals surface area contributed by atoms with Crippen LogP contribution in [0.3, 0.4) is 0 Å². The third kappa shape index (κ3) is 3.63. The zero-order valence-electron chi connectivity index (χ0n) is 15.8. The number of hydrogen-bond donors (Lipinski definition) is 1. The van der Waals surface area contributed by atoms with Gasteiger partial charge < -0.3 is 5.32 Å². The van der Waals surface area contributed by atoms with E-state index in [9.17, 15) is 4.79 Å². The largest absolute Gasteiger partial charge is 0.349 e. The molecule has 1 aliphatic carbocycles. The molecule has 0 unspecified atom stereocenters. The van der Waals surface area contributed by atoms with Crippen molar-refractivity contribution in [3.8, 4) is 5.69 Å². The Morgan fingerprint density at radius 1 is 1.22 bits per heavy atom. The van der Waals surface area contributed by atoms with E-state index < -0.39 is 0 Å². The highest BCUT2D eigenvalue weighted by Gasteiger charge is 2.26. The van der Waals surface area contributed by atoms with E-state index in [0.717, 1.165) is 36.1 Å². The van der Waals surface area contributed by atoms with Crippen LogP contribution in [0.25, 0.3) is 5.69 Å². The number of nitrogens with zero attached hydrogens (tertiary/aromatic N) is 3. The van der Waals surface area contributed by atoms with E-state index in [2.05, 4.69) is 47.4 Å². The van der Waals surface area contributed by atoms with Crippen LogP contribution in [0.5, 0.6) is 0 Å². The lowest BCUT2D eigenvalue weighted by Gasteiger charge is -2.24. The van der Waals surface area contributed by atoms with Gasteiger partial charge in [0.25, 0.3) is 0 Å². The second-order valence-electron chi connectivity index (χ2n) is 7.28. The maximum absolute atomic E-state index is 12.5. The highest BCUT2D eigenvalue weighted by molar-refractivity contribution is 5.79. The Bertz CT molecular complexity index is 962. The number of aromatic nitrogens is 3. The van der Waals surface area contributed by atoms with Gasteiger partial charge in [-0.15, -0.1) is 0 Å². The summed E-state index contributed by atoms with van der Waals surface area (Å²) in [6, 6.07) is 10.2. The van der Waals surface area contributed by atoms with E-state index in [0.29, 0.717) is 6.42 Å². The number of nitrogens with one attached hydrogen (secondary N) is 1. The Morgan fingerprint density at radius 3 is 2.89 bits per heavy atom. The van der Waals surface area contributed by atoms with Gasteiger partial charge in [-0.05, 0) is 68.0 Å². The van der Waals surface area contributed by atoms with Crippen LogP contribution in [0.2, 0.25) is 0 Å². The predicted molar refractivity (Wildman–Crippen MR) is 105 cm³/mol. The van der Waals surface area contributed by atoms with Crippen LogP contribution in [-0.2, 0) is 17.6 Å². The minimum atomic E-state index is 0.0261. The molecule has 0 radical (unpaired) electrons. The Kier molecular flexibility index (Phi) is 4.75. The molecule has 0 saturated heterocycles. The summed E-state index contributed by atoms with van der Waals surface area (Å²) in [5, 5.41) is 7.82. The van der Waals surface area contributed by atoms with Crippen molar-refractivity contribution < 1.29 is 4.79 Å². The summed E-state index contributed by atoms with van der Waals surface area (Å²) >= 11 is 0. The molecule has 1 aliphatic rings. The van der Waals surface area contributed by atoms with Crippen molar-refractivity contribution >= 4 is 5.91 Å². The quantitative estimate of drug-likeness (QED) is 0.773. The van der Waals surface area contributed by atoms with E-state index in [1.807, 2.05) is 23.0 Å². The van der Waals surface area contributed by atoms with Gasteiger partial charge in [0.2, 0.25) is 5.91 Å². The van der Waals surface area contributed by atoms with Crippen LogP contribution in [0, 0.1) is 13.8 Å². The van der Waals surface area contributed by atoms with Gasteiger partial charge in [0.15, 0.2) is 0 Å². The number of benzene rings is 1. The average Bonchev–Trinajstić information content (AvgIpc) is 3.10. The fourth-order valence-electron chi connectivity index (χ4n) is 3.72. The van der Waals surface area contributed by atoms with Gasteiger partial charge in [-0.25, -0.2) is 4.68 Å². The summed E-state index contributed by atoms with van der Waals surface area (Å²) < 4.78 is 2.03. The first-order chi connectivity index (χ1) is 13.1. The van der Waals surface area contributed by atoms with Crippen molar-refractivity contribution in [3.05, 3.63) is 76.9 Å². The van der Waals surface area contributed by atoms with Gasteiger partial charge in [0.1, 0.15) is 0 Å². The number of carbonyl (C=O) groups is 1. The number of pyridine rings is 1. The highest BCUT2D eigenvalue weighted by Crippen LogP contribution is 2.31. The third-order valence-corrected chi connectivity index (χ3v) is 5.34. The highest BCUT2D eigenvalue weighted by atomic mass is 16.1. The Labute approximate surface area is 159 Å². The van der Waals surface area contributed by atoms with Crippen LogP contribution in [0.4, 0.5) is 0 Å². The molecule has 0 spiro atoms. The number of rotatable bonds is 4. The summed E-state index contributed by atoms with van der Waals surface area (Å²) in [5.41, 5.74) is 6.89. The molecule has 5 heteroatoms. The van der Waals surface area contributed by atoms with Crippen molar-refractivity contribution in [2.24, 2.45) is 0 Å². The Hall–Kier alpha value is -2.95. The fourth-order valence-corrected chi connectivity index (χ4v) is 3.72. The van der Waals surface area contributed by atoms with Crippen LogP contribution in [0.1, 0.15) is 46.8 Å². The van der Waals surface area contributed by atoms with Crippen molar-refractivity contribution in [2.75, 3.05) is 0 Å². The van der Waals surface area contributed by atoms with E-state index >= 15 is 0 Å². The lowest BCUT2D eigenvalue weighted by molar-refractivity contribution is -0.121. The molecule has 1 aromatic carbocycles. The first-order valence-electron chi connectivity index (χ1n) is 9.44. The summed E-state index contributed by atoms with van der Waals surface area (Å²) in [4.78, 5) is 16.6. The van der Waals surface area contributed by atoms with Crippen molar-refractivity contribution in [1.82, 2.24) is 20.1 Å². The van der Waals surface area contributed by atoms with Crippen molar-refractivity contribution in [3.63, 3.8) is 0 Å². The van der Waals surface area contributed by atoms with E-state index in [-0.39, 0.29) is 11.9 Å². The van der Waals surface area contributed by atoms with Gasteiger partial charge in [0, 0.05) is 23.7 Å². The van der Waals surface area contributed by atoms with Gasteiger partial charge in [0.05, 0.1) is 24.3 Å². The molecule has 0 aliphatic heterocycles. The first-order valence-corrected chi connectivity index (χ1v) is 9.44. The van der Waals surface area contributed by atoms with Gasteiger partial charge >= 0.3 is 0 Å². The third-order valence-electron chi connectivity index (χ3n) is 5.34. The lowest BCUT2D eigenvalue weighted by atomic mass is 9.92. The molecule has 1 amide bonds. The van der Waals surface area contributed by atoms with Gasteiger partial charge in [-0.3, -0.25) is 9.78 Å². The average molecular weight is 360 g/mol. The molecule has 2 heterocycles. The normalized spacial score (nSPS) is 16.0. The molecule has 0 fully saturated rings. The molecule has 0 bridgehead atoms. The van der Waals surface area contributed by atoms with E-state index in [4.69, 9.17) is 0 Å². The first kappa shape index (κ1) is 17.5. The second kappa shape index (κ2) is 7.35. The molecule has 0 saturated carbocycles. The van der Waals surface area contributed by atoms with Gasteiger partial charge in [-0.1, -0.05) is 12.1 Å². The lowest BCUT2D eigenvalue weighted by Crippen LogP contribution is -2.32.